The Morgan fingerprint density at radius 2 is 1.71 bits per heavy atom. The molecule has 0 aromatic heterocycles. The number of hydrogen-bond acceptors (Lipinski definition) is 8. The highest BCUT2D eigenvalue weighted by Crippen LogP contribution is 2.51. The van der Waals surface area contributed by atoms with Crippen LogP contribution in [0.25, 0.3) is 0 Å². The number of amides is 1. The van der Waals surface area contributed by atoms with E-state index in [0.717, 1.165) is 95.7 Å². The van der Waals surface area contributed by atoms with Crippen molar-refractivity contribution in [2.75, 3.05) is 64.4 Å². The molecule has 11 heteroatoms. The molecule has 9 nitrogen and oxygen atoms in total. The lowest BCUT2D eigenvalue weighted by Gasteiger charge is -2.54. The van der Waals surface area contributed by atoms with Gasteiger partial charge in [-0.25, -0.2) is 17.6 Å². The molecule has 2 aromatic rings. The van der Waals surface area contributed by atoms with E-state index in [1.54, 1.807) is 31.2 Å². The second kappa shape index (κ2) is 13.8. The van der Waals surface area contributed by atoms with Crippen LogP contribution < -0.4 is 10.2 Å². The number of rotatable bonds is 11. The first-order chi connectivity index (χ1) is 23.5. The van der Waals surface area contributed by atoms with Crippen LogP contribution in [0.4, 0.5) is 14.9 Å². The number of alkyl carbamates (subject to hydrolysis) is 1. The molecule has 49 heavy (non-hydrogen) atoms. The third-order valence-corrected chi connectivity index (χ3v) is 14.7. The predicted octanol–water partition coefficient (Wildman–Crippen LogP) is 4.83. The number of aliphatic hydroxyl groups is 1. The van der Waals surface area contributed by atoms with Crippen molar-refractivity contribution in [1.82, 2.24) is 15.1 Å². The molecule has 5 aliphatic rings. The molecule has 268 valence electrons. The van der Waals surface area contributed by atoms with Crippen molar-refractivity contribution in [2.45, 2.75) is 85.5 Å². The molecule has 2 aromatic carbocycles. The average molecular weight is 697 g/mol. The molecular weight excluding hydrogens is 644 g/mol. The van der Waals surface area contributed by atoms with Gasteiger partial charge in [0.25, 0.3) is 0 Å². The van der Waals surface area contributed by atoms with Gasteiger partial charge in [-0.15, -0.1) is 0 Å². The summed E-state index contributed by atoms with van der Waals surface area (Å²) in [6, 6.07) is 14.6. The van der Waals surface area contributed by atoms with Gasteiger partial charge >= 0.3 is 6.09 Å². The molecule has 5 fully saturated rings. The molecule has 3 heterocycles. The van der Waals surface area contributed by atoms with Crippen LogP contribution in [0.3, 0.4) is 0 Å². The van der Waals surface area contributed by atoms with Gasteiger partial charge in [0.2, 0.25) is 0 Å². The monoisotopic (exact) mass is 696 g/mol. The fourth-order valence-electron chi connectivity index (χ4n) is 9.81. The predicted molar refractivity (Wildman–Crippen MR) is 188 cm³/mol. The normalized spacial score (nSPS) is 29.8. The molecule has 0 bridgehead atoms. The Bertz CT molecular complexity index is 1580. The fraction of sp³-hybridized carbons (Fsp3) is 0.658. The molecule has 3 saturated heterocycles. The third-order valence-electron chi connectivity index (χ3n) is 12.6. The van der Waals surface area contributed by atoms with Crippen LogP contribution in [0.2, 0.25) is 0 Å². The van der Waals surface area contributed by atoms with Crippen LogP contribution in [0.5, 0.6) is 0 Å². The van der Waals surface area contributed by atoms with Gasteiger partial charge in [-0.3, -0.25) is 0 Å². The number of nitrogens with zero attached hydrogens (tertiary/aromatic N) is 3. The summed E-state index contributed by atoms with van der Waals surface area (Å²) < 4.78 is 45.9. The van der Waals surface area contributed by atoms with E-state index in [1.165, 1.54) is 13.5 Å². The zero-order valence-corrected chi connectivity index (χ0v) is 29.8. The molecule has 0 unspecified atom stereocenters. The van der Waals surface area contributed by atoms with Crippen LogP contribution in [-0.2, 0) is 20.0 Å². The Morgan fingerprint density at radius 3 is 2.33 bits per heavy atom. The Morgan fingerprint density at radius 1 is 1.00 bits per heavy atom. The minimum Gasteiger partial charge on any atom is -0.453 e. The summed E-state index contributed by atoms with van der Waals surface area (Å²) in [5, 5.41) is 12.7. The first-order valence-electron chi connectivity index (χ1n) is 18.3. The number of carbonyl (C=O) groups is 1. The molecule has 2 aliphatic carbocycles. The summed E-state index contributed by atoms with van der Waals surface area (Å²) in [4.78, 5) is 20.2. The van der Waals surface area contributed by atoms with Crippen molar-refractivity contribution in [3.05, 3.63) is 59.9 Å². The van der Waals surface area contributed by atoms with Crippen LogP contribution in [0.1, 0.15) is 63.9 Å². The number of nitrogens with one attached hydrogen (secondary N) is 1. The topological polar surface area (TPSA) is 102 Å². The van der Waals surface area contributed by atoms with Gasteiger partial charge in [0, 0.05) is 49.2 Å². The average Bonchev–Trinajstić information content (AvgIpc) is 3.50. The third kappa shape index (κ3) is 6.97. The summed E-state index contributed by atoms with van der Waals surface area (Å²) in [6.45, 7) is 9.65. The van der Waals surface area contributed by atoms with Crippen LogP contribution in [0.15, 0.2) is 53.4 Å². The van der Waals surface area contributed by atoms with Crippen LogP contribution in [-0.4, -0.2) is 106 Å². The van der Waals surface area contributed by atoms with E-state index in [9.17, 15) is 22.7 Å². The van der Waals surface area contributed by atoms with Crippen molar-refractivity contribution in [3.8, 4) is 0 Å². The first kappa shape index (κ1) is 34.7. The molecule has 3 aliphatic heterocycles. The van der Waals surface area contributed by atoms with Crippen molar-refractivity contribution >= 4 is 21.6 Å². The van der Waals surface area contributed by atoms with E-state index >= 15 is 0 Å². The summed E-state index contributed by atoms with van der Waals surface area (Å²) in [7, 11) is -2.00. The van der Waals surface area contributed by atoms with Crippen molar-refractivity contribution in [1.29, 1.82) is 0 Å². The van der Waals surface area contributed by atoms with Crippen molar-refractivity contribution in [3.63, 3.8) is 0 Å². The van der Waals surface area contributed by atoms with E-state index in [1.807, 2.05) is 18.2 Å². The highest BCUT2D eigenvalue weighted by Gasteiger charge is 2.53. The lowest BCUT2D eigenvalue weighted by atomic mass is 9.57. The maximum Gasteiger partial charge on any atom is 0.407 e. The Hall–Kier alpha value is -2.73. The zero-order valence-electron chi connectivity index (χ0n) is 29.0. The Kier molecular flexibility index (Phi) is 9.75. The van der Waals surface area contributed by atoms with E-state index in [4.69, 9.17) is 4.74 Å². The lowest BCUT2D eigenvalue weighted by molar-refractivity contribution is -0.0116. The number of methoxy groups -OCH3 is 1. The van der Waals surface area contributed by atoms with Gasteiger partial charge in [0.05, 0.1) is 22.9 Å². The van der Waals surface area contributed by atoms with Crippen LogP contribution >= 0.6 is 0 Å². The number of piperidine rings is 1. The second-order valence-electron chi connectivity index (χ2n) is 15.9. The molecule has 0 radical (unpaired) electrons. The van der Waals surface area contributed by atoms with Crippen LogP contribution in [0, 0.1) is 23.6 Å². The molecule has 3 atom stereocenters. The van der Waals surface area contributed by atoms with Crippen molar-refractivity contribution in [2.24, 2.45) is 17.8 Å². The molecule has 7 rings (SSSR count). The second-order valence-corrected chi connectivity index (χ2v) is 18.1. The van der Waals surface area contributed by atoms with Gasteiger partial charge in [0.1, 0.15) is 5.82 Å². The standard InChI is InChI=1S/C38H53FN4O5S/c1-37(45)21-33(22-37)49(46,47)32-12-10-31(11-13-32)43-24-27(25-43)23-41-18-14-28(15-19-41)38(26-42-16-5-17-42,29-6-3-7-30(39)20-29)34-8-4-9-35(34)40-36(44)48-2/h3,6-7,10-13,20,27-28,33-35,45H,4-5,8-9,14-19,21-26H2,1-2H3,(H,40,44)/t33?,34-,35-,37?,38-/m0/s1. The minimum absolute atomic E-state index is 0.000266. The van der Waals surface area contributed by atoms with Crippen molar-refractivity contribution < 1.29 is 27.4 Å². The number of likely N-dealkylation sites (tertiary alicyclic amines) is 2. The number of carbonyl (C=O) groups excluding carboxylic acids is 1. The number of halogens is 1. The largest absolute Gasteiger partial charge is 0.453 e. The molecular formula is C38H53FN4O5S. The maximum absolute atomic E-state index is 14.9. The summed E-state index contributed by atoms with van der Waals surface area (Å²) in [5.74, 6) is 0.928. The summed E-state index contributed by atoms with van der Waals surface area (Å²) >= 11 is 0. The smallest absolute Gasteiger partial charge is 0.407 e. The Labute approximate surface area is 291 Å². The number of anilines is 1. The first-order valence-corrected chi connectivity index (χ1v) is 19.9. The van der Waals surface area contributed by atoms with Gasteiger partial charge < -0.3 is 29.9 Å². The lowest BCUT2D eigenvalue weighted by Crippen LogP contribution is -2.60. The highest BCUT2D eigenvalue weighted by molar-refractivity contribution is 7.92. The highest BCUT2D eigenvalue weighted by atomic mass is 32.2. The number of ether oxygens (including phenoxy) is 1. The van der Waals surface area contributed by atoms with E-state index < -0.39 is 20.7 Å². The quantitative estimate of drug-likeness (QED) is 0.345. The number of sulfone groups is 1. The van der Waals surface area contributed by atoms with E-state index in [0.29, 0.717) is 29.6 Å². The Balaban J connectivity index is 1.000. The molecule has 2 N–H and O–H groups in total. The van der Waals surface area contributed by atoms with E-state index in [2.05, 4.69) is 26.1 Å². The zero-order chi connectivity index (χ0) is 34.4. The van der Waals surface area contributed by atoms with Gasteiger partial charge in [0.15, 0.2) is 9.84 Å². The van der Waals surface area contributed by atoms with Gasteiger partial charge in [-0.1, -0.05) is 18.6 Å². The fourth-order valence-corrected chi connectivity index (χ4v) is 11.9. The van der Waals surface area contributed by atoms with Gasteiger partial charge in [-0.05, 0) is 132 Å². The minimum atomic E-state index is -3.42. The molecule has 2 saturated carbocycles. The molecule has 0 spiro atoms. The molecule has 1 amide bonds. The van der Waals surface area contributed by atoms with E-state index in [-0.39, 0.29) is 29.3 Å². The van der Waals surface area contributed by atoms with Gasteiger partial charge in [-0.2, -0.15) is 0 Å². The maximum atomic E-state index is 14.9. The summed E-state index contributed by atoms with van der Waals surface area (Å²) in [6.07, 6.45) is 6.42. The SMILES string of the molecule is COC(=O)N[C@H]1CCC[C@@H]1[C@](CN1CCC1)(c1cccc(F)c1)C1CCN(CC2CN(c3ccc(S(=O)(=O)C4CC(C)(O)C4)cc3)C2)CC1. The summed E-state index contributed by atoms with van der Waals surface area (Å²) in [5.41, 5.74) is 0.988. The number of hydrogen-bond donors (Lipinski definition) is 2. The number of benzene rings is 2.